The van der Waals surface area contributed by atoms with E-state index in [9.17, 15) is 0 Å². The highest BCUT2D eigenvalue weighted by atomic mass is 35.5. The van der Waals surface area contributed by atoms with E-state index >= 15 is 0 Å². The smallest absolute Gasteiger partial charge is 0.183 e. The molecule has 0 aliphatic heterocycles. The summed E-state index contributed by atoms with van der Waals surface area (Å²) >= 11 is 5.68. The largest absolute Gasteiger partial charge is 0.393 e. The Hall–Kier alpha value is -0.500. The number of hydrogen-bond acceptors (Lipinski definition) is 1. The molecule has 0 radical (unpaired) electrons. The van der Waals surface area contributed by atoms with Gasteiger partial charge in [0.1, 0.15) is 19.1 Å². The minimum Gasteiger partial charge on any atom is -0.393 e. The molecule has 0 aromatic heterocycles. The Bertz CT molecular complexity index is 134. The molecule has 2 nitrogen and oxygen atoms in total. The van der Waals surface area contributed by atoms with Crippen molar-refractivity contribution in [3.05, 3.63) is 11.2 Å². The summed E-state index contributed by atoms with van der Waals surface area (Å²) < 4.78 is 1.89. The first-order valence-corrected chi connectivity index (χ1v) is 3.09. The summed E-state index contributed by atoms with van der Waals surface area (Å²) in [6.45, 7) is 0. The summed E-state index contributed by atoms with van der Waals surface area (Å²) in [7, 11) is 5.66. The molecule has 0 atom stereocenters. The van der Waals surface area contributed by atoms with Crippen molar-refractivity contribution in [2.24, 2.45) is 0 Å². The summed E-state index contributed by atoms with van der Waals surface area (Å²) in [5, 5.41) is 3.52. The minimum atomic E-state index is 0.697. The van der Waals surface area contributed by atoms with E-state index in [2.05, 4.69) is 5.32 Å². The molecule has 0 rings (SSSR count). The molecule has 52 valence electrons. The molecule has 0 aliphatic rings. The molecule has 1 N–H and O–H groups in total. The van der Waals surface area contributed by atoms with Gasteiger partial charge in [-0.2, -0.15) is 0 Å². The average molecular weight is 148 g/mol. The molecular formula is C6H12ClN2+. The monoisotopic (exact) mass is 147 g/mol. The predicted octanol–water partition coefficient (Wildman–Crippen LogP) is 0.629. The van der Waals surface area contributed by atoms with E-state index in [0.29, 0.717) is 5.03 Å². The lowest BCUT2D eigenvalue weighted by Crippen LogP contribution is -2.01. The van der Waals surface area contributed by atoms with Gasteiger partial charge in [0.2, 0.25) is 0 Å². The Balaban J connectivity index is 3.90. The number of allylic oxidation sites excluding steroid dienone is 1. The third-order valence-electron chi connectivity index (χ3n) is 0.664. The molecule has 0 amide bonds. The highest BCUT2D eigenvalue weighted by Crippen LogP contribution is 1.92. The van der Waals surface area contributed by atoms with E-state index in [4.69, 9.17) is 11.6 Å². The van der Waals surface area contributed by atoms with Crippen LogP contribution in [0.4, 0.5) is 0 Å². The maximum absolute atomic E-state index is 5.68. The normalized spacial score (nSPS) is 10.9. The lowest BCUT2D eigenvalue weighted by molar-refractivity contribution is -0.458. The van der Waals surface area contributed by atoms with Crippen LogP contribution in [0.1, 0.15) is 0 Å². The Morgan fingerprint density at radius 1 is 1.56 bits per heavy atom. The number of halogens is 1. The summed E-state index contributed by atoms with van der Waals surface area (Å²) in [5.41, 5.74) is 0. The summed E-state index contributed by atoms with van der Waals surface area (Å²) in [5.74, 6) is 0. The maximum atomic E-state index is 5.68. The minimum absolute atomic E-state index is 0.697. The van der Waals surface area contributed by atoms with Crippen molar-refractivity contribution < 1.29 is 4.58 Å². The highest BCUT2D eigenvalue weighted by Gasteiger charge is 1.88. The first-order chi connectivity index (χ1) is 4.16. The molecule has 0 bridgehead atoms. The Kier molecular flexibility index (Phi) is 4.14. The van der Waals surface area contributed by atoms with Gasteiger partial charge in [0.25, 0.3) is 0 Å². The predicted molar refractivity (Wildman–Crippen MR) is 41.2 cm³/mol. The fourth-order valence-corrected chi connectivity index (χ4v) is 0.726. The molecule has 0 heterocycles. The van der Waals surface area contributed by atoms with Crippen molar-refractivity contribution in [3.8, 4) is 0 Å². The van der Waals surface area contributed by atoms with Crippen molar-refractivity contribution >= 4 is 17.8 Å². The zero-order chi connectivity index (χ0) is 7.28. The Morgan fingerprint density at radius 3 is 2.44 bits per heavy atom. The SMILES string of the molecule is CN/C=C(\Cl)C=[N+](C)C. The van der Waals surface area contributed by atoms with Gasteiger partial charge >= 0.3 is 0 Å². The molecule has 9 heavy (non-hydrogen) atoms. The molecule has 0 aromatic rings. The van der Waals surface area contributed by atoms with Crippen LogP contribution in [-0.2, 0) is 0 Å². The molecule has 0 saturated carbocycles. The van der Waals surface area contributed by atoms with Crippen molar-refractivity contribution in [1.29, 1.82) is 0 Å². The number of nitrogens with one attached hydrogen (secondary N) is 1. The van der Waals surface area contributed by atoms with E-state index in [1.807, 2.05) is 31.9 Å². The zero-order valence-corrected chi connectivity index (χ0v) is 6.74. The van der Waals surface area contributed by atoms with E-state index in [1.54, 1.807) is 6.20 Å². The van der Waals surface area contributed by atoms with Crippen molar-refractivity contribution in [2.75, 3.05) is 21.1 Å². The summed E-state index contributed by atoms with van der Waals surface area (Å²) in [6, 6.07) is 0. The molecule has 0 aliphatic carbocycles. The average Bonchev–Trinajstić information content (AvgIpc) is 1.63. The maximum Gasteiger partial charge on any atom is 0.183 e. The van der Waals surface area contributed by atoms with Gasteiger partial charge in [-0.25, -0.2) is 4.58 Å². The third kappa shape index (κ3) is 5.37. The van der Waals surface area contributed by atoms with Crippen molar-refractivity contribution in [2.45, 2.75) is 0 Å². The summed E-state index contributed by atoms with van der Waals surface area (Å²) in [6.07, 6.45) is 3.54. The van der Waals surface area contributed by atoms with Gasteiger partial charge in [-0.15, -0.1) is 0 Å². The van der Waals surface area contributed by atoms with Crippen LogP contribution in [-0.4, -0.2) is 31.9 Å². The van der Waals surface area contributed by atoms with Crippen molar-refractivity contribution in [1.82, 2.24) is 5.32 Å². The lowest BCUT2D eigenvalue weighted by atomic mass is 10.6. The van der Waals surface area contributed by atoms with E-state index < -0.39 is 0 Å². The van der Waals surface area contributed by atoms with Crippen LogP contribution in [0.5, 0.6) is 0 Å². The summed E-state index contributed by atoms with van der Waals surface area (Å²) in [4.78, 5) is 0. The third-order valence-corrected chi connectivity index (χ3v) is 0.870. The standard InChI is InChI=1S/C6H11ClN2/c1-8-4-6(7)5-9(2)3/h4-5H,1-3H3/p+1. The number of nitrogens with zero attached hydrogens (tertiary/aromatic N) is 1. The molecular weight excluding hydrogens is 136 g/mol. The highest BCUT2D eigenvalue weighted by molar-refractivity contribution is 6.38. The fourth-order valence-electron chi connectivity index (χ4n) is 0.422. The molecule has 0 unspecified atom stereocenters. The zero-order valence-electron chi connectivity index (χ0n) is 5.98. The van der Waals surface area contributed by atoms with Gasteiger partial charge in [0.15, 0.2) is 6.21 Å². The van der Waals surface area contributed by atoms with Gasteiger partial charge < -0.3 is 5.32 Å². The second kappa shape index (κ2) is 4.39. The van der Waals surface area contributed by atoms with Crippen LogP contribution in [0.2, 0.25) is 0 Å². The first-order valence-electron chi connectivity index (χ1n) is 2.71. The van der Waals surface area contributed by atoms with Gasteiger partial charge in [0.05, 0.1) is 0 Å². The second-order valence-corrected chi connectivity index (χ2v) is 2.35. The molecule has 3 heteroatoms. The van der Waals surface area contributed by atoms with Crippen molar-refractivity contribution in [3.63, 3.8) is 0 Å². The fraction of sp³-hybridized carbons (Fsp3) is 0.500. The van der Waals surface area contributed by atoms with E-state index in [1.165, 1.54) is 0 Å². The Labute approximate surface area is 60.8 Å². The van der Waals surface area contributed by atoms with E-state index in [-0.39, 0.29) is 0 Å². The quantitative estimate of drug-likeness (QED) is 0.447. The van der Waals surface area contributed by atoms with Gasteiger partial charge in [-0.1, -0.05) is 11.6 Å². The second-order valence-electron chi connectivity index (χ2n) is 1.91. The van der Waals surface area contributed by atoms with E-state index in [0.717, 1.165) is 0 Å². The van der Waals surface area contributed by atoms with Crippen LogP contribution in [0, 0.1) is 0 Å². The molecule has 0 saturated heterocycles. The Morgan fingerprint density at radius 2 is 2.11 bits per heavy atom. The lowest BCUT2D eigenvalue weighted by Gasteiger charge is -1.86. The molecule has 0 aromatic carbocycles. The van der Waals surface area contributed by atoms with Gasteiger partial charge in [0, 0.05) is 13.2 Å². The van der Waals surface area contributed by atoms with Crippen LogP contribution >= 0.6 is 11.6 Å². The van der Waals surface area contributed by atoms with Gasteiger partial charge in [-0.3, -0.25) is 0 Å². The topological polar surface area (TPSA) is 15.0 Å². The molecule has 0 fully saturated rings. The number of rotatable bonds is 2. The van der Waals surface area contributed by atoms with Crippen LogP contribution in [0.3, 0.4) is 0 Å². The van der Waals surface area contributed by atoms with Gasteiger partial charge in [-0.05, 0) is 0 Å². The number of hydrogen-bond donors (Lipinski definition) is 1. The molecule has 0 spiro atoms. The van der Waals surface area contributed by atoms with Crippen LogP contribution in [0.25, 0.3) is 0 Å². The van der Waals surface area contributed by atoms with Crippen LogP contribution in [0.15, 0.2) is 11.2 Å². The first kappa shape index (κ1) is 8.50. The van der Waals surface area contributed by atoms with Crippen LogP contribution < -0.4 is 5.32 Å².